The van der Waals surface area contributed by atoms with Gasteiger partial charge in [0.25, 0.3) is 0 Å². The third-order valence-electron chi connectivity index (χ3n) is 6.32. The van der Waals surface area contributed by atoms with Crippen molar-refractivity contribution in [3.05, 3.63) is 34.9 Å². The lowest BCUT2D eigenvalue weighted by atomic mass is 9.62. The maximum Gasteiger partial charge on any atom is 0.0613 e. The fourth-order valence-corrected chi connectivity index (χ4v) is 3.95. The summed E-state index contributed by atoms with van der Waals surface area (Å²) in [7, 11) is 0. The van der Waals surface area contributed by atoms with E-state index in [4.69, 9.17) is 5.73 Å². The van der Waals surface area contributed by atoms with Crippen LogP contribution >= 0.6 is 0 Å². The number of fused-ring (bicyclic) bond motifs is 1. The smallest absolute Gasteiger partial charge is 0.0613 e. The normalized spacial score (nSPS) is 22.9. The van der Waals surface area contributed by atoms with Crippen LogP contribution in [-0.4, -0.2) is 17.3 Å². The molecule has 0 radical (unpaired) electrons. The number of rotatable bonds is 9. The van der Waals surface area contributed by atoms with E-state index in [0.717, 1.165) is 19.3 Å². The summed E-state index contributed by atoms with van der Waals surface area (Å²) >= 11 is 0. The molecule has 0 aromatic heterocycles. The molecule has 3 N–H and O–H groups in total. The molecule has 0 unspecified atom stereocenters. The first-order chi connectivity index (χ1) is 11.4. The summed E-state index contributed by atoms with van der Waals surface area (Å²) in [6.07, 6.45) is 12.5. The molecule has 0 heterocycles. The first-order valence-corrected chi connectivity index (χ1v) is 9.92. The highest BCUT2D eigenvalue weighted by molar-refractivity contribution is 5.36. The Labute approximate surface area is 148 Å². The maximum atomic E-state index is 9.65. The van der Waals surface area contributed by atoms with Crippen LogP contribution in [0.25, 0.3) is 0 Å². The first kappa shape index (κ1) is 19.5. The van der Waals surface area contributed by atoms with E-state index in [9.17, 15) is 5.11 Å². The van der Waals surface area contributed by atoms with Crippen LogP contribution in [0, 0.1) is 5.41 Å². The van der Waals surface area contributed by atoms with Crippen molar-refractivity contribution in [2.45, 2.75) is 90.5 Å². The van der Waals surface area contributed by atoms with Gasteiger partial charge < -0.3 is 10.8 Å². The standard InChI is InChI=1S/C22H37NO/c1-4-5-6-7-8-9-10-18-11-12-20-16-21(2,22(3,23)17-24)14-13-19(20)15-18/h11-12,15,24H,4-10,13-14,16-17,23H2,1-3H3/t21-,22-/m1/s1. The van der Waals surface area contributed by atoms with Crippen molar-refractivity contribution in [3.8, 4) is 0 Å². The average Bonchev–Trinajstić information content (AvgIpc) is 2.58. The molecule has 0 spiro atoms. The van der Waals surface area contributed by atoms with Crippen molar-refractivity contribution in [2.75, 3.05) is 6.61 Å². The average molecular weight is 332 g/mol. The van der Waals surface area contributed by atoms with E-state index in [2.05, 4.69) is 32.0 Å². The molecule has 2 atom stereocenters. The highest BCUT2D eigenvalue weighted by Crippen LogP contribution is 2.42. The van der Waals surface area contributed by atoms with Gasteiger partial charge in [0.1, 0.15) is 0 Å². The fraction of sp³-hybridized carbons (Fsp3) is 0.727. The van der Waals surface area contributed by atoms with Crippen LogP contribution in [0.2, 0.25) is 0 Å². The minimum absolute atomic E-state index is 0.0183. The van der Waals surface area contributed by atoms with Gasteiger partial charge in [0.05, 0.1) is 6.61 Å². The van der Waals surface area contributed by atoms with Gasteiger partial charge in [-0.05, 0) is 61.1 Å². The van der Waals surface area contributed by atoms with Crippen molar-refractivity contribution in [1.29, 1.82) is 0 Å². The first-order valence-electron chi connectivity index (χ1n) is 9.92. The third kappa shape index (κ3) is 4.61. The van der Waals surface area contributed by atoms with Crippen LogP contribution in [0.4, 0.5) is 0 Å². The zero-order valence-electron chi connectivity index (χ0n) is 16.0. The van der Waals surface area contributed by atoms with Gasteiger partial charge in [-0.15, -0.1) is 0 Å². The molecule has 1 aromatic carbocycles. The molecule has 1 aromatic rings. The lowest BCUT2D eigenvalue weighted by molar-refractivity contribution is 0.0696. The molecule has 0 amide bonds. The van der Waals surface area contributed by atoms with Crippen molar-refractivity contribution in [2.24, 2.45) is 11.1 Å². The van der Waals surface area contributed by atoms with E-state index in [1.165, 1.54) is 61.6 Å². The van der Waals surface area contributed by atoms with Crippen LogP contribution < -0.4 is 5.73 Å². The molecule has 0 aliphatic heterocycles. The molecule has 1 aliphatic rings. The van der Waals surface area contributed by atoms with Crippen molar-refractivity contribution >= 4 is 0 Å². The van der Waals surface area contributed by atoms with Gasteiger partial charge in [0.15, 0.2) is 0 Å². The molecule has 0 fully saturated rings. The predicted octanol–water partition coefficient (Wildman–Crippen LogP) is 4.79. The fourth-order valence-electron chi connectivity index (χ4n) is 3.95. The highest BCUT2D eigenvalue weighted by Gasteiger charge is 2.43. The van der Waals surface area contributed by atoms with Gasteiger partial charge in [-0.1, -0.05) is 64.2 Å². The van der Waals surface area contributed by atoms with Crippen LogP contribution in [-0.2, 0) is 19.3 Å². The number of unbranched alkanes of at least 4 members (excludes halogenated alkanes) is 5. The Hall–Kier alpha value is -0.860. The molecule has 2 rings (SSSR count). The minimum atomic E-state index is -0.512. The summed E-state index contributed by atoms with van der Waals surface area (Å²) in [4.78, 5) is 0. The van der Waals surface area contributed by atoms with Crippen LogP contribution in [0.1, 0.15) is 82.4 Å². The Morgan fingerprint density at radius 2 is 1.83 bits per heavy atom. The highest BCUT2D eigenvalue weighted by atomic mass is 16.3. The number of aliphatic hydroxyl groups excluding tert-OH is 1. The van der Waals surface area contributed by atoms with Crippen molar-refractivity contribution in [3.63, 3.8) is 0 Å². The van der Waals surface area contributed by atoms with Gasteiger partial charge in [-0.3, -0.25) is 0 Å². The summed E-state index contributed by atoms with van der Waals surface area (Å²) in [5, 5.41) is 9.65. The van der Waals surface area contributed by atoms with E-state index in [1.807, 2.05) is 6.92 Å². The number of benzene rings is 1. The van der Waals surface area contributed by atoms with E-state index in [-0.39, 0.29) is 12.0 Å². The topological polar surface area (TPSA) is 46.2 Å². The summed E-state index contributed by atoms with van der Waals surface area (Å²) in [5.41, 5.74) is 10.3. The second kappa shape index (κ2) is 8.49. The van der Waals surface area contributed by atoms with Crippen LogP contribution in [0.3, 0.4) is 0 Å². The Balaban J connectivity index is 1.92. The molecule has 0 saturated heterocycles. The molecule has 0 bridgehead atoms. The third-order valence-corrected chi connectivity index (χ3v) is 6.32. The van der Waals surface area contributed by atoms with E-state index < -0.39 is 5.54 Å². The SMILES string of the molecule is CCCCCCCCc1ccc2c(c1)CC[C@@](C)([C@](C)(N)CO)C2. The zero-order valence-corrected chi connectivity index (χ0v) is 16.0. The van der Waals surface area contributed by atoms with Gasteiger partial charge in [0, 0.05) is 5.54 Å². The Morgan fingerprint density at radius 1 is 1.12 bits per heavy atom. The summed E-state index contributed by atoms with van der Waals surface area (Å²) in [5.74, 6) is 0. The van der Waals surface area contributed by atoms with Crippen molar-refractivity contribution < 1.29 is 5.11 Å². The number of nitrogens with two attached hydrogens (primary N) is 1. The second-order valence-electron chi connectivity index (χ2n) is 8.43. The zero-order chi connectivity index (χ0) is 17.6. The molecule has 24 heavy (non-hydrogen) atoms. The van der Waals surface area contributed by atoms with Gasteiger partial charge in [-0.25, -0.2) is 0 Å². The molecule has 0 saturated carbocycles. The molecular formula is C22H37NO. The number of hydrogen-bond acceptors (Lipinski definition) is 2. The van der Waals surface area contributed by atoms with Crippen LogP contribution in [0.15, 0.2) is 18.2 Å². The van der Waals surface area contributed by atoms with Crippen molar-refractivity contribution in [1.82, 2.24) is 0 Å². The van der Waals surface area contributed by atoms with Gasteiger partial charge in [0.2, 0.25) is 0 Å². The largest absolute Gasteiger partial charge is 0.394 e. The summed E-state index contributed by atoms with van der Waals surface area (Å²) in [6, 6.07) is 7.05. The number of aliphatic hydroxyl groups is 1. The summed E-state index contributed by atoms with van der Waals surface area (Å²) in [6.45, 7) is 6.54. The summed E-state index contributed by atoms with van der Waals surface area (Å²) < 4.78 is 0. The van der Waals surface area contributed by atoms with E-state index in [0.29, 0.717) is 0 Å². The predicted molar refractivity (Wildman–Crippen MR) is 103 cm³/mol. The lowest BCUT2D eigenvalue weighted by Gasteiger charge is -2.46. The monoisotopic (exact) mass is 331 g/mol. The minimum Gasteiger partial charge on any atom is -0.394 e. The lowest BCUT2D eigenvalue weighted by Crippen LogP contribution is -2.56. The maximum absolute atomic E-state index is 9.65. The number of aryl methyl sites for hydroxylation is 2. The molecule has 136 valence electrons. The molecular weight excluding hydrogens is 294 g/mol. The Bertz CT molecular complexity index is 523. The molecule has 2 heteroatoms. The van der Waals surface area contributed by atoms with E-state index >= 15 is 0 Å². The van der Waals surface area contributed by atoms with Gasteiger partial charge in [-0.2, -0.15) is 0 Å². The second-order valence-corrected chi connectivity index (χ2v) is 8.43. The molecule has 1 aliphatic carbocycles. The number of hydrogen-bond donors (Lipinski definition) is 2. The Kier molecular flexibility index (Phi) is 6.88. The van der Waals surface area contributed by atoms with E-state index in [1.54, 1.807) is 0 Å². The Morgan fingerprint density at radius 3 is 2.54 bits per heavy atom. The van der Waals surface area contributed by atoms with Gasteiger partial charge >= 0.3 is 0 Å². The molecule has 2 nitrogen and oxygen atoms in total. The quantitative estimate of drug-likeness (QED) is 0.639. The van der Waals surface area contributed by atoms with Crippen LogP contribution in [0.5, 0.6) is 0 Å².